The van der Waals surface area contributed by atoms with Gasteiger partial charge in [-0.05, 0) is 26.8 Å². The number of nitrogens with two attached hydrogens (primary N) is 1. The summed E-state index contributed by atoms with van der Waals surface area (Å²) in [5, 5.41) is 5.83. The van der Waals surface area contributed by atoms with E-state index in [9.17, 15) is 4.79 Å². The first-order chi connectivity index (χ1) is 7.26. The molecule has 6 heteroatoms. The summed E-state index contributed by atoms with van der Waals surface area (Å²) in [6.07, 6.45) is 2.07. The Morgan fingerprint density at radius 2 is 2.12 bits per heavy atom. The number of alkyl carbamates (subject to hydrolysis) is 1. The van der Waals surface area contributed by atoms with Crippen LogP contribution in [0.5, 0.6) is 0 Å². The van der Waals surface area contributed by atoms with Gasteiger partial charge in [0.15, 0.2) is 0 Å². The molecule has 16 heavy (non-hydrogen) atoms. The summed E-state index contributed by atoms with van der Waals surface area (Å²) < 4.78 is 5.03. The van der Waals surface area contributed by atoms with Gasteiger partial charge in [-0.15, -0.1) is 0 Å². The summed E-state index contributed by atoms with van der Waals surface area (Å²) in [5.74, 6) is 4.92. The molecule has 0 aromatic rings. The summed E-state index contributed by atoms with van der Waals surface area (Å²) >= 11 is 5.66. The van der Waals surface area contributed by atoms with E-state index in [0.717, 1.165) is 0 Å². The molecule has 0 aliphatic heterocycles. The van der Waals surface area contributed by atoms with Gasteiger partial charge >= 0.3 is 6.09 Å². The average molecular weight is 246 g/mol. The van der Waals surface area contributed by atoms with Crippen LogP contribution in [0.4, 0.5) is 4.79 Å². The number of nitrogens with zero attached hydrogens (tertiary/aromatic N) is 1. The third-order valence-electron chi connectivity index (χ3n) is 1.26. The predicted molar refractivity (Wildman–Crippen MR) is 65.1 cm³/mol. The summed E-state index contributed by atoms with van der Waals surface area (Å²) in [4.78, 5) is 11.4. The van der Waals surface area contributed by atoms with Gasteiger partial charge in [0, 0.05) is 6.21 Å². The van der Waals surface area contributed by atoms with Gasteiger partial charge in [0.2, 0.25) is 0 Å². The molecule has 0 aromatic heterocycles. The van der Waals surface area contributed by atoms with Gasteiger partial charge in [0.05, 0.1) is 10.7 Å². The fourth-order valence-electron chi connectivity index (χ4n) is 0.731. The van der Waals surface area contributed by atoms with Gasteiger partial charge < -0.3 is 10.6 Å². The second kappa shape index (κ2) is 6.17. The molecule has 5 nitrogen and oxygen atoms in total. The molecule has 0 saturated heterocycles. The van der Waals surface area contributed by atoms with Crippen molar-refractivity contribution >= 4 is 23.9 Å². The van der Waals surface area contributed by atoms with Crippen molar-refractivity contribution in [3.63, 3.8) is 0 Å². The van der Waals surface area contributed by atoms with Crippen LogP contribution in [0.2, 0.25) is 0 Å². The van der Waals surface area contributed by atoms with E-state index in [1.165, 1.54) is 12.3 Å². The van der Waals surface area contributed by atoms with Crippen LogP contribution in [0.3, 0.4) is 0 Å². The molecule has 0 unspecified atom stereocenters. The molecule has 0 fully saturated rings. The minimum Gasteiger partial charge on any atom is -0.444 e. The number of amides is 1. The average Bonchev–Trinajstić information content (AvgIpc) is 2.08. The first kappa shape index (κ1) is 14.5. The molecule has 0 radical (unpaired) electrons. The Bertz CT molecular complexity index is 329. The van der Waals surface area contributed by atoms with E-state index in [4.69, 9.17) is 22.2 Å². The Kier molecular flexibility index (Phi) is 5.60. The number of hydrogen-bond acceptors (Lipinski definition) is 4. The van der Waals surface area contributed by atoms with Crippen LogP contribution in [0.25, 0.3) is 0 Å². The predicted octanol–water partition coefficient (Wildman–Crippen LogP) is 2.09. The van der Waals surface area contributed by atoms with Crippen LogP contribution >= 0.6 is 11.6 Å². The zero-order valence-corrected chi connectivity index (χ0v) is 10.3. The number of halogens is 1. The summed E-state index contributed by atoms with van der Waals surface area (Å²) in [5.41, 5.74) is -0.296. The lowest BCUT2D eigenvalue weighted by Gasteiger charge is -2.20. The molecule has 0 rings (SSSR count). The molecule has 1 amide bonds. The van der Waals surface area contributed by atoms with E-state index in [1.54, 1.807) is 20.8 Å². The highest BCUT2D eigenvalue weighted by molar-refractivity contribution is 6.31. The fourth-order valence-corrected chi connectivity index (χ4v) is 0.841. The van der Waals surface area contributed by atoms with Crippen molar-refractivity contribution in [3.05, 3.63) is 23.4 Å². The van der Waals surface area contributed by atoms with Crippen molar-refractivity contribution < 1.29 is 9.53 Å². The summed E-state index contributed by atoms with van der Waals surface area (Å²) in [6, 6.07) is 0. The monoisotopic (exact) mass is 245 g/mol. The van der Waals surface area contributed by atoms with E-state index in [1.807, 2.05) is 0 Å². The summed E-state index contributed by atoms with van der Waals surface area (Å²) in [7, 11) is 0. The smallest absolute Gasteiger partial charge is 0.412 e. The minimum absolute atomic E-state index is 0.158. The van der Waals surface area contributed by atoms with Crippen molar-refractivity contribution in [2.45, 2.75) is 26.4 Å². The SMILES string of the molecule is C=C(Cl)/C(=C\C=N\N)NC(=O)OC(C)(C)C. The molecule has 0 spiro atoms. The number of carbonyl (C=O) groups excluding carboxylic acids is 1. The number of nitrogens with one attached hydrogen (secondary N) is 1. The highest BCUT2D eigenvalue weighted by Crippen LogP contribution is 2.11. The molecule has 0 aliphatic rings. The molecule has 0 aromatic carbocycles. The number of hydrogen-bond donors (Lipinski definition) is 2. The third kappa shape index (κ3) is 6.89. The van der Waals surface area contributed by atoms with Crippen LogP contribution in [-0.2, 0) is 4.74 Å². The standard InChI is InChI=1S/C10H16ClN3O2/c1-7(11)8(5-6-13-12)14-9(15)16-10(2,3)4/h5-6H,1,12H2,2-4H3,(H,14,15)/b8-5+,13-6+. The maximum Gasteiger partial charge on any atom is 0.412 e. The molecular formula is C10H16ClN3O2. The number of ether oxygens (including phenoxy) is 1. The second-order valence-corrected chi connectivity index (χ2v) is 4.37. The van der Waals surface area contributed by atoms with E-state index in [2.05, 4.69) is 17.0 Å². The zero-order chi connectivity index (χ0) is 12.8. The first-order valence-electron chi connectivity index (χ1n) is 4.54. The molecule has 0 heterocycles. The van der Waals surface area contributed by atoms with Crippen LogP contribution in [-0.4, -0.2) is 17.9 Å². The molecular weight excluding hydrogens is 230 g/mol. The van der Waals surface area contributed by atoms with E-state index < -0.39 is 11.7 Å². The molecule has 3 N–H and O–H groups in total. The lowest BCUT2D eigenvalue weighted by Crippen LogP contribution is -2.32. The number of hydrazone groups is 1. The van der Waals surface area contributed by atoms with Crippen molar-refractivity contribution in [2.24, 2.45) is 10.9 Å². The molecule has 0 atom stereocenters. The lowest BCUT2D eigenvalue weighted by atomic mass is 10.2. The van der Waals surface area contributed by atoms with Gasteiger partial charge in [0.1, 0.15) is 5.60 Å². The summed E-state index contributed by atoms with van der Waals surface area (Å²) in [6.45, 7) is 8.75. The maximum atomic E-state index is 11.4. The van der Waals surface area contributed by atoms with E-state index >= 15 is 0 Å². The van der Waals surface area contributed by atoms with Crippen LogP contribution in [0.15, 0.2) is 28.5 Å². The van der Waals surface area contributed by atoms with Crippen molar-refractivity contribution in [2.75, 3.05) is 0 Å². The maximum absolute atomic E-state index is 11.4. The zero-order valence-electron chi connectivity index (χ0n) is 9.58. The molecule has 0 saturated carbocycles. The lowest BCUT2D eigenvalue weighted by molar-refractivity contribution is 0.0548. The largest absolute Gasteiger partial charge is 0.444 e. The topological polar surface area (TPSA) is 76.7 Å². The highest BCUT2D eigenvalue weighted by Gasteiger charge is 2.17. The number of rotatable bonds is 3. The van der Waals surface area contributed by atoms with Gasteiger partial charge in [-0.2, -0.15) is 5.10 Å². The Balaban J connectivity index is 4.54. The van der Waals surface area contributed by atoms with Crippen LogP contribution < -0.4 is 11.2 Å². The van der Waals surface area contributed by atoms with Crippen LogP contribution in [0, 0.1) is 0 Å². The van der Waals surface area contributed by atoms with Gasteiger partial charge in [0.25, 0.3) is 0 Å². The normalized spacial score (nSPS) is 12.6. The van der Waals surface area contributed by atoms with Gasteiger partial charge in [-0.3, -0.25) is 5.32 Å². The van der Waals surface area contributed by atoms with E-state index in [-0.39, 0.29) is 10.7 Å². The van der Waals surface area contributed by atoms with Gasteiger partial charge in [-0.1, -0.05) is 18.2 Å². The Morgan fingerprint density at radius 3 is 2.50 bits per heavy atom. The van der Waals surface area contributed by atoms with Crippen LogP contribution in [0.1, 0.15) is 20.8 Å². The van der Waals surface area contributed by atoms with E-state index in [0.29, 0.717) is 0 Å². The molecule has 90 valence electrons. The first-order valence-corrected chi connectivity index (χ1v) is 4.92. The van der Waals surface area contributed by atoms with Gasteiger partial charge in [-0.25, -0.2) is 4.79 Å². The van der Waals surface area contributed by atoms with Crippen molar-refractivity contribution in [1.82, 2.24) is 5.32 Å². The second-order valence-electron chi connectivity index (χ2n) is 3.91. The third-order valence-corrected chi connectivity index (χ3v) is 1.46. The quantitative estimate of drug-likeness (QED) is 0.346. The number of allylic oxidation sites excluding steroid dienone is 2. The molecule has 0 bridgehead atoms. The molecule has 0 aliphatic carbocycles. The Hall–Kier alpha value is -1.49. The van der Waals surface area contributed by atoms with Crippen molar-refractivity contribution in [1.29, 1.82) is 0 Å². The highest BCUT2D eigenvalue weighted by atomic mass is 35.5. The van der Waals surface area contributed by atoms with Crippen molar-refractivity contribution in [3.8, 4) is 0 Å². The Labute approximate surface area is 100.0 Å². The minimum atomic E-state index is -0.619. The Morgan fingerprint density at radius 1 is 1.56 bits per heavy atom. The number of carbonyl (C=O) groups is 1. The fraction of sp³-hybridized carbons (Fsp3) is 0.400.